The standard InChI is InChI=1S/C9H14N4/c10-8-5-6-11-9(13-8)12-7-3-1-2-4-7/h5-7H,1-4H2,(H3,10,11,12,13). The number of anilines is 2. The maximum absolute atomic E-state index is 5.54. The Kier molecular flexibility index (Phi) is 2.29. The molecule has 4 nitrogen and oxygen atoms in total. The van der Waals surface area contributed by atoms with E-state index in [1.807, 2.05) is 0 Å². The van der Waals surface area contributed by atoms with E-state index in [1.54, 1.807) is 12.3 Å². The van der Waals surface area contributed by atoms with Gasteiger partial charge in [0, 0.05) is 12.2 Å². The minimum Gasteiger partial charge on any atom is -0.384 e. The van der Waals surface area contributed by atoms with Crippen molar-refractivity contribution < 1.29 is 0 Å². The molecule has 0 spiro atoms. The van der Waals surface area contributed by atoms with E-state index >= 15 is 0 Å². The fraction of sp³-hybridized carbons (Fsp3) is 0.556. The summed E-state index contributed by atoms with van der Waals surface area (Å²) < 4.78 is 0. The summed E-state index contributed by atoms with van der Waals surface area (Å²) >= 11 is 0. The Morgan fingerprint density at radius 1 is 1.38 bits per heavy atom. The first kappa shape index (κ1) is 8.29. The van der Waals surface area contributed by atoms with E-state index in [1.165, 1.54) is 25.7 Å². The zero-order chi connectivity index (χ0) is 9.10. The highest BCUT2D eigenvalue weighted by molar-refractivity contribution is 5.35. The zero-order valence-corrected chi connectivity index (χ0v) is 7.53. The van der Waals surface area contributed by atoms with Crippen molar-refractivity contribution in [1.82, 2.24) is 9.97 Å². The molecule has 13 heavy (non-hydrogen) atoms. The predicted molar refractivity (Wildman–Crippen MR) is 52.3 cm³/mol. The van der Waals surface area contributed by atoms with Gasteiger partial charge in [-0.15, -0.1) is 0 Å². The van der Waals surface area contributed by atoms with Gasteiger partial charge in [0.05, 0.1) is 0 Å². The third-order valence-electron chi connectivity index (χ3n) is 2.37. The number of hydrogen-bond donors (Lipinski definition) is 2. The highest BCUT2D eigenvalue weighted by atomic mass is 15.1. The maximum atomic E-state index is 5.54. The molecule has 0 amide bonds. The van der Waals surface area contributed by atoms with Crippen LogP contribution in [0.4, 0.5) is 11.8 Å². The second-order valence-electron chi connectivity index (χ2n) is 3.43. The fourth-order valence-corrected chi connectivity index (χ4v) is 1.69. The van der Waals surface area contributed by atoms with Gasteiger partial charge < -0.3 is 11.1 Å². The summed E-state index contributed by atoms with van der Waals surface area (Å²) in [4.78, 5) is 8.19. The molecule has 1 aliphatic rings. The lowest BCUT2D eigenvalue weighted by Crippen LogP contribution is -2.16. The minimum atomic E-state index is 0.524. The van der Waals surface area contributed by atoms with Crippen LogP contribution >= 0.6 is 0 Å². The number of rotatable bonds is 2. The van der Waals surface area contributed by atoms with Crippen molar-refractivity contribution in [2.24, 2.45) is 0 Å². The molecule has 0 radical (unpaired) electrons. The highest BCUT2D eigenvalue weighted by Crippen LogP contribution is 2.20. The van der Waals surface area contributed by atoms with Crippen LogP contribution in [0.1, 0.15) is 25.7 Å². The molecule has 1 aliphatic carbocycles. The summed E-state index contributed by atoms with van der Waals surface area (Å²) in [6, 6.07) is 2.24. The molecule has 0 unspecified atom stereocenters. The molecule has 4 heteroatoms. The van der Waals surface area contributed by atoms with Crippen molar-refractivity contribution in [2.75, 3.05) is 11.1 Å². The van der Waals surface area contributed by atoms with E-state index in [0.29, 0.717) is 17.8 Å². The molecule has 0 aromatic carbocycles. The molecule has 0 bridgehead atoms. The van der Waals surface area contributed by atoms with Gasteiger partial charge in [0.15, 0.2) is 0 Å². The third-order valence-corrected chi connectivity index (χ3v) is 2.37. The second-order valence-corrected chi connectivity index (χ2v) is 3.43. The van der Waals surface area contributed by atoms with Crippen LogP contribution in [0.3, 0.4) is 0 Å². The third kappa shape index (κ3) is 2.08. The number of nitrogens with one attached hydrogen (secondary N) is 1. The summed E-state index contributed by atoms with van der Waals surface area (Å²) in [5.41, 5.74) is 5.54. The molecule has 1 heterocycles. The van der Waals surface area contributed by atoms with Crippen LogP contribution in [0, 0.1) is 0 Å². The Hall–Kier alpha value is -1.32. The van der Waals surface area contributed by atoms with E-state index < -0.39 is 0 Å². The van der Waals surface area contributed by atoms with Crippen LogP contribution in [0.15, 0.2) is 12.3 Å². The Balaban J connectivity index is 2.00. The summed E-state index contributed by atoms with van der Waals surface area (Å²) in [7, 11) is 0. The first-order chi connectivity index (χ1) is 6.34. The van der Waals surface area contributed by atoms with Crippen LogP contribution in [-0.4, -0.2) is 16.0 Å². The SMILES string of the molecule is Nc1ccnc(NC2CCCC2)n1. The molecular weight excluding hydrogens is 164 g/mol. The Bertz CT molecular complexity index is 281. The molecule has 1 aromatic rings. The van der Waals surface area contributed by atoms with Crippen molar-refractivity contribution in [1.29, 1.82) is 0 Å². The first-order valence-corrected chi connectivity index (χ1v) is 4.69. The second kappa shape index (κ2) is 3.60. The van der Waals surface area contributed by atoms with E-state index in [2.05, 4.69) is 15.3 Å². The van der Waals surface area contributed by atoms with Crippen LogP contribution in [-0.2, 0) is 0 Å². The molecule has 1 fully saturated rings. The van der Waals surface area contributed by atoms with Crippen LogP contribution < -0.4 is 11.1 Å². The van der Waals surface area contributed by atoms with E-state index in [0.717, 1.165) is 0 Å². The van der Waals surface area contributed by atoms with Crippen molar-refractivity contribution in [2.45, 2.75) is 31.7 Å². The molecule has 0 saturated heterocycles. The molecule has 3 N–H and O–H groups in total. The Morgan fingerprint density at radius 3 is 2.85 bits per heavy atom. The molecule has 70 valence electrons. The minimum absolute atomic E-state index is 0.524. The molecule has 0 aliphatic heterocycles. The van der Waals surface area contributed by atoms with Gasteiger partial charge in [0.1, 0.15) is 5.82 Å². The molecule has 1 aromatic heterocycles. The quantitative estimate of drug-likeness (QED) is 0.718. The lowest BCUT2D eigenvalue weighted by Gasteiger charge is -2.10. The van der Waals surface area contributed by atoms with Gasteiger partial charge in [-0.3, -0.25) is 0 Å². The van der Waals surface area contributed by atoms with Crippen molar-refractivity contribution in [3.8, 4) is 0 Å². The monoisotopic (exact) mass is 178 g/mol. The van der Waals surface area contributed by atoms with Gasteiger partial charge in [0.2, 0.25) is 5.95 Å². The van der Waals surface area contributed by atoms with Crippen molar-refractivity contribution in [3.63, 3.8) is 0 Å². The van der Waals surface area contributed by atoms with Crippen molar-refractivity contribution in [3.05, 3.63) is 12.3 Å². The molecule has 2 rings (SSSR count). The maximum Gasteiger partial charge on any atom is 0.224 e. The zero-order valence-electron chi connectivity index (χ0n) is 7.53. The number of nitrogens with two attached hydrogens (primary N) is 1. The normalized spacial score (nSPS) is 17.5. The summed E-state index contributed by atoms with van der Waals surface area (Å²) in [5, 5.41) is 3.28. The number of hydrogen-bond acceptors (Lipinski definition) is 4. The fourth-order valence-electron chi connectivity index (χ4n) is 1.69. The van der Waals surface area contributed by atoms with Crippen LogP contribution in [0.25, 0.3) is 0 Å². The number of aromatic nitrogens is 2. The van der Waals surface area contributed by atoms with Crippen LogP contribution in [0.2, 0.25) is 0 Å². The first-order valence-electron chi connectivity index (χ1n) is 4.69. The predicted octanol–water partition coefficient (Wildman–Crippen LogP) is 1.41. The lowest BCUT2D eigenvalue weighted by atomic mass is 10.2. The average Bonchev–Trinajstić information content (AvgIpc) is 2.57. The van der Waals surface area contributed by atoms with Gasteiger partial charge in [-0.05, 0) is 18.9 Å². The van der Waals surface area contributed by atoms with E-state index in [4.69, 9.17) is 5.73 Å². The smallest absolute Gasteiger partial charge is 0.224 e. The Morgan fingerprint density at radius 2 is 2.15 bits per heavy atom. The number of nitrogen functional groups attached to an aromatic ring is 1. The molecular formula is C9H14N4. The van der Waals surface area contributed by atoms with E-state index in [9.17, 15) is 0 Å². The summed E-state index contributed by atoms with van der Waals surface area (Å²) in [6.07, 6.45) is 6.73. The highest BCUT2D eigenvalue weighted by Gasteiger charge is 2.15. The van der Waals surface area contributed by atoms with Gasteiger partial charge in [-0.2, -0.15) is 4.98 Å². The topological polar surface area (TPSA) is 63.8 Å². The lowest BCUT2D eigenvalue weighted by molar-refractivity contribution is 0.744. The van der Waals surface area contributed by atoms with Crippen LogP contribution in [0.5, 0.6) is 0 Å². The van der Waals surface area contributed by atoms with Gasteiger partial charge in [-0.25, -0.2) is 4.98 Å². The van der Waals surface area contributed by atoms with Gasteiger partial charge >= 0.3 is 0 Å². The van der Waals surface area contributed by atoms with Gasteiger partial charge in [0.25, 0.3) is 0 Å². The summed E-state index contributed by atoms with van der Waals surface area (Å²) in [5.74, 6) is 1.18. The van der Waals surface area contributed by atoms with Gasteiger partial charge in [-0.1, -0.05) is 12.8 Å². The molecule has 0 atom stereocenters. The van der Waals surface area contributed by atoms with Crippen molar-refractivity contribution >= 4 is 11.8 Å². The van der Waals surface area contributed by atoms with E-state index in [-0.39, 0.29) is 0 Å². The summed E-state index contributed by atoms with van der Waals surface area (Å²) in [6.45, 7) is 0. The largest absolute Gasteiger partial charge is 0.384 e. The number of nitrogens with zero attached hydrogens (tertiary/aromatic N) is 2. The average molecular weight is 178 g/mol. The molecule has 1 saturated carbocycles. The Labute approximate surface area is 77.6 Å².